The number of carbonyl (C=O) groups is 3. The van der Waals surface area contributed by atoms with Crippen LogP contribution in [0.3, 0.4) is 0 Å². The van der Waals surface area contributed by atoms with Crippen LogP contribution < -0.4 is 11.1 Å². The van der Waals surface area contributed by atoms with Gasteiger partial charge in [0.1, 0.15) is 6.04 Å². The van der Waals surface area contributed by atoms with Crippen molar-refractivity contribution < 1.29 is 14.4 Å². The summed E-state index contributed by atoms with van der Waals surface area (Å²) in [6.45, 7) is 0. The van der Waals surface area contributed by atoms with Gasteiger partial charge in [0.2, 0.25) is 11.8 Å². The van der Waals surface area contributed by atoms with E-state index in [0.717, 1.165) is 24.2 Å². The van der Waals surface area contributed by atoms with Crippen LogP contribution in [0.25, 0.3) is 0 Å². The summed E-state index contributed by atoms with van der Waals surface area (Å²) in [5.41, 5.74) is 5.60. The lowest BCUT2D eigenvalue weighted by atomic mass is 9.75. The quantitative estimate of drug-likeness (QED) is 0.664. The molecule has 1 aliphatic carbocycles. The second-order valence-electron chi connectivity index (χ2n) is 5.34. The SMILES string of the molecule is CN1C(=O)CCC(NC(=O)CC2(N)CCC2)C1=O. The first-order valence-corrected chi connectivity index (χ1v) is 6.30. The maximum Gasteiger partial charge on any atom is 0.251 e. The first-order valence-electron chi connectivity index (χ1n) is 6.30. The van der Waals surface area contributed by atoms with E-state index in [1.54, 1.807) is 0 Å². The van der Waals surface area contributed by atoms with Gasteiger partial charge >= 0.3 is 0 Å². The second-order valence-corrected chi connectivity index (χ2v) is 5.34. The molecule has 18 heavy (non-hydrogen) atoms. The summed E-state index contributed by atoms with van der Waals surface area (Å²) in [6, 6.07) is -0.580. The highest BCUT2D eigenvalue weighted by Crippen LogP contribution is 2.32. The Morgan fingerprint density at radius 2 is 2.17 bits per heavy atom. The summed E-state index contributed by atoms with van der Waals surface area (Å²) in [5, 5.41) is 2.68. The predicted molar refractivity (Wildman–Crippen MR) is 64.3 cm³/mol. The molecule has 1 aliphatic heterocycles. The Kier molecular flexibility index (Phi) is 3.38. The van der Waals surface area contributed by atoms with Gasteiger partial charge in [0.05, 0.1) is 0 Å². The number of nitrogens with one attached hydrogen (secondary N) is 1. The molecule has 100 valence electrons. The average molecular weight is 253 g/mol. The molecule has 2 aliphatic rings. The third-order valence-corrected chi connectivity index (χ3v) is 3.85. The summed E-state index contributed by atoms with van der Waals surface area (Å²) >= 11 is 0. The molecule has 3 N–H and O–H groups in total. The Bertz CT molecular complexity index is 390. The van der Waals surface area contributed by atoms with Gasteiger partial charge in [-0.1, -0.05) is 0 Å². The van der Waals surface area contributed by atoms with Crippen LogP contribution in [0.2, 0.25) is 0 Å². The number of likely N-dealkylation sites (tertiary alicyclic amines) is 1. The third-order valence-electron chi connectivity index (χ3n) is 3.85. The fourth-order valence-electron chi connectivity index (χ4n) is 2.42. The highest BCUT2D eigenvalue weighted by atomic mass is 16.2. The monoisotopic (exact) mass is 253 g/mol. The largest absolute Gasteiger partial charge is 0.344 e. The van der Waals surface area contributed by atoms with Crippen molar-refractivity contribution in [3.63, 3.8) is 0 Å². The molecule has 0 aromatic rings. The van der Waals surface area contributed by atoms with Crippen molar-refractivity contribution >= 4 is 17.7 Å². The number of amides is 3. The van der Waals surface area contributed by atoms with E-state index in [1.807, 2.05) is 0 Å². The van der Waals surface area contributed by atoms with Crippen LogP contribution in [0, 0.1) is 0 Å². The molecular formula is C12H19N3O3. The fourth-order valence-corrected chi connectivity index (χ4v) is 2.42. The molecule has 2 fully saturated rings. The van der Waals surface area contributed by atoms with E-state index in [9.17, 15) is 14.4 Å². The van der Waals surface area contributed by atoms with Gasteiger partial charge < -0.3 is 11.1 Å². The first kappa shape index (κ1) is 13.0. The lowest BCUT2D eigenvalue weighted by Gasteiger charge is -2.38. The highest BCUT2D eigenvalue weighted by Gasteiger charge is 2.37. The number of rotatable bonds is 3. The second kappa shape index (κ2) is 4.68. The summed E-state index contributed by atoms with van der Waals surface area (Å²) in [7, 11) is 1.44. The minimum Gasteiger partial charge on any atom is -0.344 e. The minimum atomic E-state index is -0.580. The smallest absolute Gasteiger partial charge is 0.251 e. The van der Waals surface area contributed by atoms with E-state index in [-0.39, 0.29) is 29.7 Å². The van der Waals surface area contributed by atoms with Crippen molar-refractivity contribution in [2.45, 2.75) is 50.1 Å². The Balaban J connectivity index is 1.87. The zero-order valence-electron chi connectivity index (χ0n) is 10.6. The fraction of sp³-hybridized carbons (Fsp3) is 0.750. The van der Waals surface area contributed by atoms with E-state index in [1.165, 1.54) is 7.05 Å². The van der Waals surface area contributed by atoms with Crippen LogP contribution in [-0.2, 0) is 14.4 Å². The van der Waals surface area contributed by atoms with Gasteiger partial charge in [0.15, 0.2) is 0 Å². The number of likely N-dealkylation sites (N-methyl/N-ethyl adjacent to an activating group) is 1. The zero-order valence-corrected chi connectivity index (χ0v) is 10.6. The molecule has 0 bridgehead atoms. The molecule has 2 rings (SSSR count). The normalized spacial score (nSPS) is 26.8. The van der Waals surface area contributed by atoms with Crippen molar-refractivity contribution in [1.82, 2.24) is 10.2 Å². The Morgan fingerprint density at radius 1 is 1.50 bits per heavy atom. The molecule has 0 aromatic carbocycles. The van der Waals surface area contributed by atoms with Crippen LogP contribution >= 0.6 is 0 Å². The molecule has 1 saturated heterocycles. The summed E-state index contributed by atoms with van der Waals surface area (Å²) in [6.07, 6.45) is 3.71. The lowest BCUT2D eigenvalue weighted by Crippen LogP contribution is -2.55. The van der Waals surface area contributed by atoms with E-state index in [4.69, 9.17) is 5.73 Å². The van der Waals surface area contributed by atoms with Gasteiger partial charge in [-0.05, 0) is 25.7 Å². The van der Waals surface area contributed by atoms with Crippen LogP contribution in [0.15, 0.2) is 0 Å². The van der Waals surface area contributed by atoms with E-state index in [0.29, 0.717) is 12.8 Å². The van der Waals surface area contributed by atoms with E-state index in [2.05, 4.69) is 5.32 Å². The van der Waals surface area contributed by atoms with Gasteiger partial charge in [-0.25, -0.2) is 0 Å². The van der Waals surface area contributed by atoms with Gasteiger partial charge in [0.25, 0.3) is 5.91 Å². The van der Waals surface area contributed by atoms with E-state index < -0.39 is 6.04 Å². The first-order chi connectivity index (χ1) is 8.41. The van der Waals surface area contributed by atoms with Crippen LogP contribution in [0.4, 0.5) is 0 Å². The van der Waals surface area contributed by atoms with Gasteiger partial charge in [-0.3, -0.25) is 19.3 Å². The molecule has 1 atom stereocenters. The van der Waals surface area contributed by atoms with Crippen LogP contribution in [0.5, 0.6) is 0 Å². The summed E-state index contributed by atoms with van der Waals surface area (Å²) in [5.74, 6) is -0.725. The number of nitrogens with two attached hydrogens (primary N) is 1. The lowest BCUT2D eigenvalue weighted by molar-refractivity contribution is -0.149. The molecule has 6 nitrogen and oxygen atoms in total. The molecule has 3 amide bonds. The van der Waals surface area contributed by atoms with Crippen molar-refractivity contribution in [3.8, 4) is 0 Å². The molecule has 1 heterocycles. The standard InChI is InChI=1S/C12H19N3O3/c1-15-10(17)4-3-8(11(15)18)14-9(16)7-12(13)5-2-6-12/h8H,2-7,13H2,1H3,(H,14,16). The minimum absolute atomic E-state index is 0.195. The molecule has 0 aromatic heterocycles. The van der Waals surface area contributed by atoms with Crippen LogP contribution in [0.1, 0.15) is 38.5 Å². The Labute approximate surface area is 106 Å². The topological polar surface area (TPSA) is 92.5 Å². The van der Waals surface area contributed by atoms with Gasteiger partial charge in [0, 0.05) is 25.4 Å². The molecule has 1 saturated carbocycles. The molecule has 0 spiro atoms. The summed E-state index contributed by atoms with van der Waals surface area (Å²) in [4.78, 5) is 36.0. The Morgan fingerprint density at radius 3 is 2.72 bits per heavy atom. The van der Waals surface area contributed by atoms with Gasteiger partial charge in [-0.15, -0.1) is 0 Å². The number of hydrogen-bond acceptors (Lipinski definition) is 4. The number of hydrogen-bond donors (Lipinski definition) is 2. The van der Waals surface area contributed by atoms with Gasteiger partial charge in [-0.2, -0.15) is 0 Å². The average Bonchev–Trinajstić information content (AvgIpc) is 2.28. The molecule has 6 heteroatoms. The van der Waals surface area contributed by atoms with Crippen molar-refractivity contribution in [1.29, 1.82) is 0 Å². The summed E-state index contributed by atoms with van der Waals surface area (Å²) < 4.78 is 0. The highest BCUT2D eigenvalue weighted by molar-refractivity contribution is 6.01. The molecular weight excluding hydrogens is 234 g/mol. The molecule has 0 radical (unpaired) electrons. The Hall–Kier alpha value is -1.43. The zero-order chi connectivity index (χ0) is 13.3. The number of imide groups is 1. The third kappa shape index (κ3) is 2.53. The van der Waals surface area contributed by atoms with Crippen molar-refractivity contribution in [3.05, 3.63) is 0 Å². The number of nitrogens with zero attached hydrogens (tertiary/aromatic N) is 1. The maximum atomic E-state index is 11.8. The van der Waals surface area contributed by atoms with Crippen LogP contribution in [-0.4, -0.2) is 41.2 Å². The molecule has 1 unspecified atom stereocenters. The number of carbonyl (C=O) groups excluding carboxylic acids is 3. The van der Waals surface area contributed by atoms with Crippen molar-refractivity contribution in [2.24, 2.45) is 5.73 Å². The predicted octanol–water partition coefficient (Wildman–Crippen LogP) is -0.478. The maximum absolute atomic E-state index is 11.8. The number of piperidine rings is 1. The van der Waals surface area contributed by atoms with Crippen molar-refractivity contribution in [2.75, 3.05) is 7.05 Å². The van der Waals surface area contributed by atoms with E-state index >= 15 is 0 Å².